The molecule has 1 unspecified atom stereocenters. The molecule has 19 heavy (non-hydrogen) atoms. The number of nitrogens with one attached hydrogen (secondary N) is 1. The third-order valence-electron chi connectivity index (χ3n) is 4.13. The van der Waals surface area contributed by atoms with Gasteiger partial charge in [0.15, 0.2) is 0 Å². The maximum atomic E-state index is 4.79. The molecule has 0 amide bonds. The number of aryl methyl sites for hydroxylation is 1. The predicted octanol–water partition coefficient (Wildman–Crippen LogP) is 2.85. The standard InChI is InChI=1S/C16H25N3/c1-16(2,3)18-9-11-4-7-14-13(8-11)10-17-15(19-14)12-5-6-12/h10-12,18H,4-9H2,1-3H3. The Hall–Kier alpha value is -0.960. The average Bonchev–Trinajstić information content (AvgIpc) is 3.19. The molecular weight excluding hydrogens is 234 g/mol. The minimum atomic E-state index is 0.215. The van der Waals surface area contributed by atoms with E-state index in [0.717, 1.165) is 31.1 Å². The van der Waals surface area contributed by atoms with Crippen molar-refractivity contribution in [2.75, 3.05) is 6.54 Å². The van der Waals surface area contributed by atoms with Gasteiger partial charge in [-0.25, -0.2) is 9.97 Å². The lowest BCUT2D eigenvalue weighted by molar-refractivity contribution is 0.346. The van der Waals surface area contributed by atoms with Crippen LogP contribution in [0.15, 0.2) is 6.20 Å². The van der Waals surface area contributed by atoms with E-state index < -0.39 is 0 Å². The topological polar surface area (TPSA) is 37.8 Å². The summed E-state index contributed by atoms with van der Waals surface area (Å²) in [6.07, 6.45) is 8.21. The van der Waals surface area contributed by atoms with Crippen molar-refractivity contribution in [2.45, 2.75) is 64.3 Å². The third-order valence-corrected chi connectivity index (χ3v) is 4.13. The molecular formula is C16H25N3. The minimum Gasteiger partial charge on any atom is -0.312 e. The molecule has 0 radical (unpaired) electrons. The fourth-order valence-corrected chi connectivity index (χ4v) is 2.76. The summed E-state index contributed by atoms with van der Waals surface area (Å²) in [5, 5.41) is 3.62. The van der Waals surface area contributed by atoms with Crippen LogP contribution in [0.3, 0.4) is 0 Å². The summed E-state index contributed by atoms with van der Waals surface area (Å²) in [6, 6.07) is 0. The van der Waals surface area contributed by atoms with E-state index >= 15 is 0 Å². The van der Waals surface area contributed by atoms with Crippen molar-refractivity contribution in [1.82, 2.24) is 15.3 Å². The van der Waals surface area contributed by atoms with Crippen LogP contribution >= 0.6 is 0 Å². The number of nitrogens with zero attached hydrogens (tertiary/aromatic N) is 2. The van der Waals surface area contributed by atoms with Crippen molar-refractivity contribution >= 4 is 0 Å². The summed E-state index contributed by atoms with van der Waals surface area (Å²) in [5.74, 6) is 2.51. The van der Waals surface area contributed by atoms with Gasteiger partial charge in [0.1, 0.15) is 5.82 Å². The Morgan fingerprint density at radius 3 is 2.74 bits per heavy atom. The summed E-state index contributed by atoms with van der Waals surface area (Å²) in [5.41, 5.74) is 2.92. The van der Waals surface area contributed by atoms with E-state index in [9.17, 15) is 0 Å². The molecule has 1 atom stereocenters. The van der Waals surface area contributed by atoms with E-state index in [-0.39, 0.29) is 5.54 Å². The van der Waals surface area contributed by atoms with Gasteiger partial charge in [-0.05, 0) is 70.9 Å². The van der Waals surface area contributed by atoms with Gasteiger partial charge in [0.2, 0.25) is 0 Å². The van der Waals surface area contributed by atoms with Crippen molar-refractivity contribution in [3.8, 4) is 0 Å². The molecule has 2 aliphatic rings. The van der Waals surface area contributed by atoms with Crippen LogP contribution in [0.5, 0.6) is 0 Å². The van der Waals surface area contributed by atoms with Crippen molar-refractivity contribution in [2.24, 2.45) is 5.92 Å². The summed E-state index contributed by atoms with van der Waals surface area (Å²) in [4.78, 5) is 9.35. The van der Waals surface area contributed by atoms with Gasteiger partial charge in [-0.1, -0.05) is 0 Å². The lowest BCUT2D eigenvalue weighted by atomic mass is 9.86. The summed E-state index contributed by atoms with van der Waals surface area (Å²) in [6.45, 7) is 7.80. The minimum absolute atomic E-state index is 0.215. The second-order valence-electron chi connectivity index (χ2n) is 7.21. The van der Waals surface area contributed by atoms with Crippen molar-refractivity contribution in [3.05, 3.63) is 23.3 Å². The van der Waals surface area contributed by atoms with Crippen LogP contribution in [-0.4, -0.2) is 22.1 Å². The molecule has 1 aromatic rings. The molecule has 3 nitrogen and oxygen atoms in total. The van der Waals surface area contributed by atoms with Gasteiger partial charge in [0.05, 0.1) is 0 Å². The van der Waals surface area contributed by atoms with E-state index in [4.69, 9.17) is 4.98 Å². The smallest absolute Gasteiger partial charge is 0.131 e. The lowest BCUT2D eigenvalue weighted by Gasteiger charge is -2.28. The van der Waals surface area contributed by atoms with E-state index in [0.29, 0.717) is 5.92 Å². The Kier molecular flexibility index (Phi) is 3.34. The maximum absolute atomic E-state index is 4.79. The molecule has 3 rings (SSSR count). The van der Waals surface area contributed by atoms with E-state index in [1.54, 1.807) is 0 Å². The zero-order chi connectivity index (χ0) is 13.5. The fraction of sp³-hybridized carbons (Fsp3) is 0.750. The normalized spacial score (nSPS) is 23.2. The Morgan fingerprint density at radius 1 is 1.26 bits per heavy atom. The summed E-state index contributed by atoms with van der Waals surface area (Å²) < 4.78 is 0. The summed E-state index contributed by atoms with van der Waals surface area (Å²) >= 11 is 0. The summed E-state index contributed by atoms with van der Waals surface area (Å²) in [7, 11) is 0. The molecule has 0 saturated heterocycles. The molecule has 104 valence electrons. The third kappa shape index (κ3) is 3.33. The van der Waals surface area contributed by atoms with Gasteiger partial charge in [0.25, 0.3) is 0 Å². The van der Waals surface area contributed by atoms with Crippen LogP contribution < -0.4 is 5.32 Å². The number of aromatic nitrogens is 2. The number of fused-ring (bicyclic) bond motifs is 1. The average molecular weight is 259 g/mol. The van der Waals surface area contributed by atoms with Crippen molar-refractivity contribution < 1.29 is 0 Å². The molecule has 1 heterocycles. The van der Waals surface area contributed by atoms with Gasteiger partial charge >= 0.3 is 0 Å². The van der Waals surface area contributed by atoms with Gasteiger partial charge in [-0.15, -0.1) is 0 Å². The molecule has 3 heteroatoms. The molecule has 2 aliphatic carbocycles. The molecule has 0 aliphatic heterocycles. The zero-order valence-electron chi connectivity index (χ0n) is 12.4. The SMILES string of the molecule is CC(C)(C)NCC1CCc2nc(C3CC3)ncc2C1. The van der Waals surface area contributed by atoms with Crippen molar-refractivity contribution in [3.63, 3.8) is 0 Å². The Labute approximate surface area is 116 Å². The fourth-order valence-electron chi connectivity index (χ4n) is 2.76. The first-order valence-corrected chi connectivity index (χ1v) is 7.61. The highest BCUT2D eigenvalue weighted by Gasteiger charge is 2.28. The molecule has 1 N–H and O–H groups in total. The van der Waals surface area contributed by atoms with Crippen LogP contribution in [0.4, 0.5) is 0 Å². The Balaban J connectivity index is 1.63. The first-order valence-electron chi connectivity index (χ1n) is 7.61. The zero-order valence-corrected chi connectivity index (χ0v) is 12.4. The molecule has 1 fully saturated rings. The molecule has 1 aromatic heterocycles. The second kappa shape index (κ2) is 4.86. The van der Waals surface area contributed by atoms with Gasteiger partial charge in [0, 0.05) is 23.3 Å². The van der Waals surface area contributed by atoms with Gasteiger partial charge in [-0.2, -0.15) is 0 Å². The molecule has 1 saturated carbocycles. The first kappa shape index (κ1) is 13.0. The first-order chi connectivity index (χ1) is 9.01. The van der Waals surface area contributed by atoms with Crippen LogP contribution in [0.2, 0.25) is 0 Å². The monoisotopic (exact) mass is 259 g/mol. The quantitative estimate of drug-likeness (QED) is 0.907. The van der Waals surface area contributed by atoms with Crippen molar-refractivity contribution in [1.29, 1.82) is 0 Å². The van der Waals surface area contributed by atoms with Gasteiger partial charge < -0.3 is 5.32 Å². The van der Waals surface area contributed by atoms with Crippen LogP contribution in [0.1, 0.15) is 63.0 Å². The Bertz CT molecular complexity index is 458. The van der Waals surface area contributed by atoms with Crippen LogP contribution in [0.25, 0.3) is 0 Å². The predicted molar refractivity (Wildman–Crippen MR) is 77.3 cm³/mol. The van der Waals surface area contributed by atoms with E-state index in [2.05, 4.69) is 37.3 Å². The number of hydrogen-bond donors (Lipinski definition) is 1. The molecule has 0 aromatic carbocycles. The lowest BCUT2D eigenvalue weighted by Crippen LogP contribution is -2.40. The second-order valence-corrected chi connectivity index (χ2v) is 7.21. The van der Waals surface area contributed by atoms with E-state index in [1.807, 2.05) is 0 Å². The molecule has 0 bridgehead atoms. The Morgan fingerprint density at radius 2 is 2.05 bits per heavy atom. The van der Waals surface area contributed by atoms with E-state index in [1.165, 1.54) is 30.5 Å². The number of rotatable bonds is 3. The number of hydrogen-bond acceptors (Lipinski definition) is 3. The highest BCUT2D eigenvalue weighted by Crippen LogP contribution is 2.38. The highest BCUT2D eigenvalue weighted by molar-refractivity contribution is 5.23. The molecule has 0 spiro atoms. The van der Waals surface area contributed by atoms with Gasteiger partial charge in [-0.3, -0.25) is 0 Å². The largest absolute Gasteiger partial charge is 0.312 e. The highest BCUT2D eigenvalue weighted by atomic mass is 14.9. The van der Waals surface area contributed by atoms with Crippen LogP contribution in [0, 0.1) is 5.92 Å². The maximum Gasteiger partial charge on any atom is 0.131 e. The van der Waals surface area contributed by atoms with Crippen LogP contribution in [-0.2, 0) is 12.8 Å².